The number of hydrogen-bond acceptors (Lipinski definition) is 6. The molecular formula is C21H26FNO5S2. The van der Waals surface area contributed by atoms with Gasteiger partial charge >= 0.3 is 0 Å². The smallest absolute Gasteiger partial charge is 0.184 e. The third kappa shape index (κ3) is 4.84. The van der Waals surface area contributed by atoms with Gasteiger partial charge in [0, 0.05) is 6.04 Å². The molecule has 0 radical (unpaired) electrons. The molecule has 1 heterocycles. The molecule has 2 atom stereocenters. The normalized spacial score (nSPS) is 20.9. The Kier molecular flexibility index (Phi) is 6.54. The van der Waals surface area contributed by atoms with Crippen molar-refractivity contribution in [1.82, 2.24) is 5.32 Å². The van der Waals surface area contributed by atoms with Crippen molar-refractivity contribution in [3.63, 3.8) is 0 Å². The molecular weight excluding hydrogens is 429 g/mol. The molecule has 0 unspecified atom stereocenters. The van der Waals surface area contributed by atoms with E-state index >= 15 is 0 Å². The molecule has 1 saturated heterocycles. The molecule has 3 rings (SSSR count). The number of sulfone groups is 2. The van der Waals surface area contributed by atoms with Crippen LogP contribution >= 0.6 is 0 Å². The lowest BCUT2D eigenvalue weighted by Crippen LogP contribution is -2.44. The predicted octanol–water partition coefficient (Wildman–Crippen LogP) is 2.22. The average molecular weight is 456 g/mol. The van der Waals surface area contributed by atoms with E-state index in [1.54, 1.807) is 38.1 Å². The van der Waals surface area contributed by atoms with Crippen LogP contribution in [0.5, 0.6) is 5.75 Å². The molecule has 1 aliphatic heterocycles. The topological polar surface area (TPSA) is 89.5 Å². The molecule has 164 valence electrons. The lowest BCUT2D eigenvalue weighted by atomic mass is 10.1. The summed E-state index contributed by atoms with van der Waals surface area (Å²) in [6.07, 6.45) is 0.532. The molecule has 2 aromatic carbocycles. The fourth-order valence-corrected chi connectivity index (χ4v) is 8.84. The van der Waals surface area contributed by atoms with E-state index in [2.05, 4.69) is 5.32 Å². The van der Waals surface area contributed by atoms with Gasteiger partial charge in [-0.25, -0.2) is 21.2 Å². The van der Waals surface area contributed by atoms with Gasteiger partial charge in [-0.3, -0.25) is 0 Å². The van der Waals surface area contributed by atoms with Gasteiger partial charge in [0.05, 0.1) is 28.8 Å². The van der Waals surface area contributed by atoms with Crippen LogP contribution in [0.4, 0.5) is 4.39 Å². The fourth-order valence-electron chi connectivity index (χ4n) is 3.82. The number of halogens is 1. The van der Waals surface area contributed by atoms with E-state index in [0.29, 0.717) is 29.8 Å². The number of hydrogen-bond donors (Lipinski definition) is 1. The van der Waals surface area contributed by atoms with Crippen molar-refractivity contribution >= 4 is 19.7 Å². The number of aryl methyl sites for hydroxylation is 2. The van der Waals surface area contributed by atoms with Gasteiger partial charge < -0.3 is 10.1 Å². The Bertz CT molecular complexity index is 1130. The SMILES string of the molecule is COc1cc(C)c(S(=O)(=O)[C@H]2CS(=O)(=O)C[C@@H]2NCCc2ccc(F)cc2)cc1C. The molecule has 9 heteroatoms. The summed E-state index contributed by atoms with van der Waals surface area (Å²) in [7, 11) is -5.86. The van der Waals surface area contributed by atoms with Gasteiger partial charge in [-0.2, -0.15) is 0 Å². The van der Waals surface area contributed by atoms with Crippen LogP contribution in [0.3, 0.4) is 0 Å². The highest BCUT2D eigenvalue weighted by atomic mass is 32.2. The maximum absolute atomic E-state index is 13.4. The van der Waals surface area contributed by atoms with E-state index in [1.807, 2.05) is 0 Å². The zero-order chi connectivity index (χ0) is 22.1. The van der Waals surface area contributed by atoms with Gasteiger partial charge in [0.25, 0.3) is 0 Å². The number of rotatable bonds is 7. The van der Waals surface area contributed by atoms with E-state index in [0.717, 1.165) is 5.56 Å². The number of nitrogens with one attached hydrogen (secondary N) is 1. The van der Waals surface area contributed by atoms with Crippen LogP contribution in [-0.2, 0) is 26.1 Å². The van der Waals surface area contributed by atoms with Crippen LogP contribution in [0.2, 0.25) is 0 Å². The second-order valence-electron chi connectivity index (χ2n) is 7.68. The maximum Gasteiger partial charge on any atom is 0.184 e. The zero-order valence-corrected chi connectivity index (χ0v) is 18.8. The highest BCUT2D eigenvalue weighted by Gasteiger charge is 2.46. The van der Waals surface area contributed by atoms with Crippen molar-refractivity contribution in [2.24, 2.45) is 0 Å². The highest BCUT2D eigenvalue weighted by Crippen LogP contribution is 2.31. The Morgan fingerprint density at radius 3 is 2.40 bits per heavy atom. The summed E-state index contributed by atoms with van der Waals surface area (Å²) in [5.74, 6) is -0.382. The zero-order valence-electron chi connectivity index (χ0n) is 17.2. The van der Waals surface area contributed by atoms with E-state index in [-0.39, 0.29) is 16.5 Å². The summed E-state index contributed by atoms with van der Waals surface area (Å²) in [4.78, 5) is 0.133. The molecule has 2 aromatic rings. The van der Waals surface area contributed by atoms with Gasteiger partial charge in [-0.15, -0.1) is 0 Å². The Hall–Kier alpha value is -1.97. The van der Waals surface area contributed by atoms with Crippen molar-refractivity contribution < 1.29 is 26.0 Å². The van der Waals surface area contributed by atoms with Crippen molar-refractivity contribution in [1.29, 1.82) is 0 Å². The number of methoxy groups -OCH3 is 1. The third-order valence-electron chi connectivity index (χ3n) is 5.43. The first kappa shape index (κ1) is 22.7. The maximum atomic E-state index is 13.4. The Morgan fingerprint density at radius 2 is 1.77 bits per heavy atom. The van der Waals surface area contributed by atoms with E-state index in [1.165, 1.54) is 19.2 Å². The second kappa shape index (κ2) is 8.64. The van der Waals surface area contributed by atoms with E-state index < -0.39 is 36.7 Å². The monoisotopic (exact) mass is 455 g/mol. The third-order valence-corrected chi connectivity index (χ3v) is 9.72. The molecule has 6 nitrogen and oxygen atoms in total. The van der Waals surface area contributed by atoms with Crippen LogP contribution in [0.15, 0.2) is 41.3 Å². The average Bonchev–Trinajstić information content (AvgIpc) is 3.00. The van der Waals surface area contributed by atoms with Crippen molar-refractivity contribution in [3.8, 4) is 5.75 Å². The minimum atomic E-state index is -3.88. The fraction of sp³-hybridized carbons (Fsp3) is 0.429. The van der Waals surface area contributed by atoms with Crippen molar-refractivity contribution in [2.75, 3.05) is 25.2 Å². The quantitative estimate of drug-likeness (QED) is 0.689. The molecule has 0 spiro atoms. The molecule has 0 amide bonds. The van der Waals surface area contributed by atoms with Gasteiger partial charge in [0.2, 0.25) is 0 Å². The van der Waals surface area contributed by atoms with Crippen LogP contribution < -0.4 is 10.1 Å². The highest BCUT2D eigenvalue weighted by molar-refractivity contribution is 7.96. The molecule has 1 N–H and O–H groups in total. The number of benzene rings is 2. The summed E-state index contributed by atoms with van der Waals surface area (Å²) in [5.41, 5.74) is 2.07. The van der Waals surface area contributed by atoms with Gasteiger partial charge in [0.15, 0.2) is 19.7 Å². The summed E-state index contributed by atoms with van der Waals surface area (Å²) < 4.78 is 69.6. The molecule has 0 bridgehead atoms. The standard InChI is InChI=1S/C21H26FNO5S2/c1-14-11-20(15(2)10-19(14)28-3)30(26,27)21-13-29(24,25)12-18(21)23-9-8-16-4-6-17(22)7-5-16/h4-7,10-11,18,21,23H,8-9,12-13H2,1-3H3/t18-,21-/m0/s1. The van der Waals surface area contributed by atoms with Crippen LogP contribution in [0.1, 0.15) is 16.7 Å². The summed E-state index contributed by atoms with van der Waals surface area (Å²) in [6.45, 7) is 3.81. The van der Waals surface area contributed by atoms with Gasteiger partial charge in [-0.05, 0) is 67.8 Å². The molecule has 0 aliphatic carbocycles. The van der Waals surface area contributed by atoms with Crippen LogP contribution in [-0.4, -0.2) is 53.3 Å². The van der Waals surface area contributed by atoms with Crippen molar-refractivity contribution in [3.05, 3.63) is 58.9 Å². The van der Waals surface area contributed by atoms with Crippen LogP contribution in [0, 0.1) is 19.7 Å². The first-order chi connectivity index (χ1) is 14.0. The molecule has 1 aliphatic rings. The Labute approximate surface area is 177 Å². The molecule has 0 saturated carbocycles. The minimum absolute atomic E-state index is 0.133. The van der Waals surface area contributed by atoms with Gasteiger partial charge in [-0.1, -0.05) is 12.1 Å². The molecule has 30 heavy (non-hydrogen) atoms. The largest absolute Gasteiger partial charge is 0.496 e. The molecule has 1 fully saturated rings. The second-order valence-corrected chi connectivity index (χ2v) is 12.0. The Morgan fingerprint density at radius 1 is 1.10 bits per heavy atom. The number of ether oxygens (including phenoxy) is 1. The first-order valence-electron chi connectivity index (χ1n) is 9.61. The van der Waals surface area contributed by atoms with Crippen molar-refractivity contribution in [2.45, 2.75) is 36.5 Å². The van der Waals surface area contributed by atoms with Gasteiger partial charge in [0.1, 0.15) is 11.6 Å². The summed E-state index contributed by atoms with van der Waals surface area (Å²) >= 11 is 0. The summed E-state index contributed by atoms with van der Waals surface area (Å²) in [5, 5.41) is 2.04. The van der Waals surface area contributed by atoms with Crippen LogP contribution in [0.25, 0.3) is 0 Å². The van der Waals surface area contributed by atoms with E-state index in [4.69, 9.17) is 4.74 Å². The lowest BCUT2D eigenvalue weighted by molar-refractivity contribution is 0.411. The Balaban J connectivity index is 1.82. The summed E-state index contributed by atoms with van der Waals surface area (Å²) in [6, 6.07) is 8.52. The molecule has 0 aromatic heterocycles. The predicted molar refractivity (Wildman–Crippen MR) is 114 cm³/mol. The minimum Gasteiger partial charge on any atom is -0.496 e. The lowest BCUT2D eigenvalue weighted by Gasteiger charge is -2.21. The van der Waals surface area contributed by atoms with E-state index in [9.17, 15) is 21.2 Å². The first-order valence-corrected chi connectivity index (χ1v) is 13.0.